The van der Waals surface area contributed by atoms with Gasteiger partial charge < -0.3 is 0 Å². The standard InChI is InChI=1S/C7H7STe/c9-8-6-7-4-2-1-3-5-7/h1-5H,6H2. The first kappa shape index (κ1) is 7.47. The Bertz CT molecular complexity index is 162. The summed E-state index contributed by atoms with van der Waals surface area (Å²) in [5, 5.41) is 0. The Labute approximate surface area is 71.4 Å². The number of hydrogen-bond donors (Lipinski definition) is 0. The first-order valence-electron chi connectivity index (χ1n) is 2.72. The van der Waals surface area contributed by atoms with Gasteiger partial charge in [-0.3, -0.25) is 0 Å². The molecule has 0 unspecified atom stereocenters. The van der Waals surface area contributed by atoms with Gasteiger partial charge in [0.2, 0.25) is 0 Å². The third kappa shape index (κ3) is 2.62. The molecule has 1 aromatic carbocycles. The van der Waals surface area contributed by atoms with Crippen LogP contribution in [0.15, 0.2) is 30.3 Å². The van der Waals surface area contributed by atoms with Crippen molar-refractivity contribution >= 4 is 29.9 Å². The number of rotatable bonds is 2. The van der Waals surface area contributed by atoms with Crippen molar-refractivity contribution in [3.05, 3.63) is 35.9 Å². The van der Waals surface area contributed by atoms with Crippen LogP contribution in [0.2, 0.25) is 0 Å². The summed E-state index contributed by atoms with van der Waals surface area (Å²) in [5.74, 6) is 1.13. The molecular formula is C7H7STe. The van der Waals surface area contributed by atoms with E-state index in [0.29, 0.717) is 0 Å². The number of benzene rings is 1. The van der Waals surface area contributed by atoms with Crippen molar-refractivity contribution in [3.8, 4) is 0 Å². The summed E-state index contributed by atoms with van der Waals surface area (Å²) in [4.78, 5) is 0. The monoisotopic (exact) mass is 253 g/mol. The second-order valence-corrected chi connectivity index (χ2v) is 4.29. The van der Waals surface area contributed by atoms with Crippen LogP contribution >= 0.6 is 8.99 Å². The summed E-state index contributed by atoms with van der Waals surface area (Å²) in [6.07, 6.45) is 0. The molecule has 47 valence electrons. The summed E-state index contributed by atoms with van der Waals surface area (Å²) >= 11 is 2.05. The van der Waals surface area contributed by atoms with Crippen LogP contribution in [0.5, 0.6) is 0 Å². The van der Waals surface area contributed by atoms with E-state index in [1.54, 1.807) is 0 Å². The molecule has 0 aliphatic heterocycles. The molecule has 2 heteroatoms. The van der Waals surface area contributed by atoms with Gasteiger partial charge in [0.25, 0.3) is 0 Å². The van der Waals surface area contributed by atoms with E-state index in [-0.39, 0.29) is 0 Å². The predicted octanol–water partition coefficient (Wildman–Crippen LogP) is 2.00. The van der Waals surface area contributed by atoms with Crippen LogP contribution in [-0.4, -0.2) is 20.9 Å². The quantitative estimate of drug-likeness (QED) is 0.724. The van der Waals surface area contributed by atoms with E-state index in [1.165, 1.54) is 5.56 Å². The van der Waals surface area contributed by atoms with E-state index in [1.807, 2.05) is 15.1 Å². The molecule has 0 atom stereocenters. The van der Waals surface area contributed by atoms with E-state index in [9.17, 15) is 0 Å². The fourth-order valence-corrected chi connectivity index (χ4v) is 2.14. The van der Waals surface area contributed by atoms with Gasteiger partial charge in [0.1, 0.15) is 0 Å². The van der Waals surface area contributed by atoms with Crippen molar-refractivity contribution in [1.82, 2.24) is 0 Å². The van der Waals surface area contributed by atoms with Crippen LogP contribution in [0, 0.1) is 0 Å². The van der Waals surface area contributed by atoms with Gasteiger partial charge in [0.05, 0.1) is 0 Å². The average Bonchev–Trinajstić information content (AvgIpc) is 1.91. The van der Waals surface area contributed by atoms with Crippen molar-refractivity contribution in [2.24, 2.45) is 0 Å². The fraction of sp³-hybridized carbons (Fsp3) is 0.143. The summed E-state index contributed by atoms with van der Waals surface area (Å²) in [6.45, 7) is 0. The number of hydrogen-bond acceptors (Lipinski definition) is 1. The van der Waals surface area contributed by atoms with E-state index < -0.39 is 0 Å². The molecule has 0 aromatic heterocycles. The van der Waals surface area contributed by atoms with Gasteiger partial charge in [-0.1, -0.05) is 0 Å². The zero-order valence-electron chi connectivity index (χ0n) is 4.91. The third-order valence-corrected chi connectivity index (χ3v) is 2.53. The Kier molecular flexibility index (Phi) is 3.50. The molecule has 1 radical (unpaired) electrons. The van der Waals surface area contributed by atoms with Crippen LogP contribution in [0.25, 0.3) is 0 Å². The molecule has 0 heterocycles. The molecule has 0 saturated heterocycles. The van der Waals surface area contributed by atoms with Crippen molar-refractivity contribution in [3.63, 3.8) is 0 Å². The van der Waals surface area contributed by atoms with Crippen molar-refractivity contribution in [2.75, 3.05) is 0 Å². The zero-order chi connectivity index (χ0) is 6.53. The summed E-state index contributed by atoms with van der Waals surface area (Å²) in [5.41, 5.74) is 1.41. The van der Waals surface area contributed by atoms with Crippen LogP contribution < -0.4 is 0 Å². The van der Waals surface area contributed by atoms with Gasteiger partial charge in [-0.15, -0.1) is 0 Å². The van der Waals surface area contributed by atoms with Gasteiger partial charge in [-0.05, 0) is 0 Å². The SMILES string of the molecule is [Te]SCc1ccccc1. The summed E-state index contributed by atoms with van der Waals surface area (Å²) in [7, 11) is 1.86. The third-order valence-electron chi connectivity index (χ3n) is 1.07. The molecule has 9 heavy (non-hydrogen) atoms. The van der Waals surface area contributed by atoms with Gasteiger partial charge in [-0.2, -0.15) is 0 Å². The Morgan fingerprint density at radius 3 is 2.44 bits per heavy atom. The van der Waals surface area contributed by atoms with E-state index in [2.05, 4.69) is 45.2 Å². The predicted molar refractivity (Wildman–Crippen MR) is 43.5 cm³/mol. The fourth-order valence-electron chi connectivity index (χ4n) is 0.642. The second kappa shape index (κ2) is 4.22. The van der Waals surface area contributed by atoms with Crippen LogP contribution in [0.4, 0.5) is 0 Å². The maximum atomic E-state index is 2.15. The topological polar surface area (TPSA) is 0 Å². The maximum absolute atomic E-state index is 2.15. The molecule has 1 aromatic rings. The molecule has 0 spiro atoms. The summed E-state index contributed by atoms with van der Waals surface area (Å²) < 4.78 is 0. The van der Waals surface area contributed by atoms with E-state index in [4.69, 9.17) is 0 Å². The molecule has 0 saturated carbocycles. The second-order valence-electron chi connectivity index (χ2n) is 1.75. The van der Waals surface area contributed by atoms with Crippen molar-refractivity contribution in [1.29, 1.82) is 0 Å². The minimum atomic E-state index is 1.13. The van der Waals surface area contributed by atoms with Crippen LogP contribution in [0.3, 0.4) is 0 Å². The Hall–Kier alpha value is 0.360. The Morgan fingerprint density at radius 1 is 1.22 bits per heavy atom. The molecular weight excluding hydrogens is 244 g/mol. The Balaban J connectivity index is 2.61. The first-order valence-corrected chi connectivity index (χ1v) is 6.48. The van der Waals surface area contributed by atoms with E-state index in [0.717, 1.165) is 5.75 Å². The Morgan fingerprint density at radius 2 is 1.89 bits per heavy atom. The molecule has 0 N–H and O–H groups in total. The van der Waals surface area contributed by atoms with Crippen LogP contribution in [0.1, 0.15) is 5.56 Å². The molecule has 0 aliphatic rings. The first-order chi connectivity index (χ1) is 4.43. The van der Waals surface area contributed by atoms with Gasteiger partial charge in [0, 0.05) is 0 Å². The van der Waals surface area contributed by atoms with Gasteiger partial charge in [-0.25, -0.2) is 0 Å². The minimum absolute atomic E-state index is 1.13. The molecule has 0 aliphatic carbocycles. The molecule has 1 rings (SSSR count). The van der Waals surface area contributed by atoms with Crippen molar-refractivity contribution in [2.45, 2.75) is 5.75 Å². The normalized spacial score (nSPS) is 9.44. The average molecular weight is 251 g/mol. The molecule has 0 bridgehead atoms. The molecule has 0 amide bonds. The zero-order valence-corrected chi connectivity index (χ0v) is 8.06. The van der Waals surface area contributed by atoms with Crippen molar-refractivity contribution < 1.29 is 0 Å². The molecule has 0 nitrogen and oxygen atoms in total. The van der Waals surface area contributed by atoms with Gasteiger partial charge >= 0.3 is 71.6 Å². The van der Waals surface area contributed by atoms with Crippen LogP contribution in [-0.2, 0) is 5.75 Å². The summed E-state index contributed by atoms with van der Waals surface area (Å²) in [6, 6.07) is 10.5. The van der Waals surface area contributed by atoms with Gasteiger partial charge in [0.15, 0.2) is 0 Å². The van der Waals surface area contributed by atoms with E-state index >= 15 is 0 Å². The molecule has 0 fully saturated rings.